The number of hydrogen-bond acceptors (Lipinski definition) is 3. The first-order chi connectivity index (χ1) is 8.10. The molecule has 1 aliphatic rings. The fraction of sp³-hybridized carbons (Fsp3) is 0.571. The van der Waals surface area contributed by atoms with E-state index in [0.717, 1.165) is 12.8 Å². The Kier molecular flexibility index (Phi) is 3.57. The molecule has 1 N–H and O–H groups in total. The van der Waals surface area contributed by atoms with Crippen LogP contribution in [0.3, 0.4) is 0 Å². The van der Waals surface area contributed by atoms with Crippen molar-refractivity contribution in [2.45, 2.75) is 31.9 Å². The summed E-state index contributed by atoms with van der Waals surface area (Å²) in [4.78, 5) is 2.13. The van der Waals surface area contributed by atoms with Gasteiger partial charge in [0.25, 0.3) is 0 Å². The van der Waals surface area contributed by atoms with E-state index >= 15 is 0 Å². The lowest BCUT2D eigenvalue weighted by Crippen LogP contribution is -2.40. The van der Waals surface area contributed by atoms with E-state index in [1.54, 1.807) is 7.11 Å². The van der Waals surface area contributed by atoms with Crippen molar-refractivity contribution in [3.05, 3.63) is 23.8 Å². The second-order valence-corrected chi connectivity index (χ2v) is 5.06. The molecular formula is C14H22N2O. The van der Waals surface area contributed by atoms with Crippen LogP contribution in [-0.2, 0) is 4.74 Å². The average Bonchev–Trinajstić information content (AvgIpc) is 2.24. The Hall–Kier alpha value is -1.22. The van der Waals surface area contributed by atoms with Crippen LogP contribution in [0.25, 0.3) is 0 Å². The first-order valence-corrected chi connectivity index (χ1v) is 6.17. The van der Waals surface area contributed by atoms with E-state index in [4.69, 9.17) is 4.74 Å². The fourth-order valence-corrected chi connectivity index (χ4v) is 2.18. The van der Waals surface area contributed by atoms with Crippen LogP contribution in [0.15, 0.2) is 18.2 Å². The molecule has 0 unspecified atom stereocenters. The molecule has 1 saturated carbocycles. The van der Waals surface area contributed by atoms with Gasteiger partial charge in [-0.05, 0) is 43.5 Å². The topological polar surface area (TPSA) is 24.5 Å². The molecule has 0 heterocycles. The Balaban J connectivity index is 1.98. The highest BCUT2D eigenvalue weighted by molar-refractivity contribution is 5.60. The van der Waals surface area contributed by atoms with E-state index in [0.29, 0.717) is 12.1 Å². The minimum Gasteiger partial charge on any atom is -0.382 e. The number of nitrogens with one attached hydrogen (secondary N) is 1. The summed E-state index contributed by atoms with van der Waals surface area (Å²) in [7, 11) is 5.92. The van der Waals surface area contributed by atoms with Crippen LogP contribution in [-0.4, -0.2) is 33.4 Å². The molecule has 0 aliphatic heterocycles. The van der Waals surface area contributed by atoms with E-state index in [1.165, 1.54) is 16.9 Å². The summed E-state index contributed by atoms with van der Waals surface area (Å²) in [6.45, 7) is 2.15. The van der Waals surface area contributed by atoms with Gasteiger partial charge < -0.3 is 15.0 Å². The Morgan fingerprint density at radius 2 is 2.00 bits per heavy atom. The molecule has 3 nitrogen and oxygen atoms in total. The van der Waals surface area contributed by atoms with E-state index in [1.807, 2.05) is 0 Å². The molecule has 17 heavy (non-hydrogen) atoms. The Morgan fingerprint density at radius 1 is 1.29 bits per heavy atom. The number of methoxy groups -OCH3 is 1. The highest BCUT2D eigenvalue weighted by atomic mass is 16.5. The van der Waals surface area contributed by atoms with Crippen LogP contribution in [0.1, 0.15) is 18.4 Å². The lowest BCUT2D eigenvalue weighted by Gasteiger charge is -2.35. The van der Waals surface area contributed by atoms with Crippen molar-refractivity contribution in [1.82, 2.24) is 0 Å². The van der Waals surface area contributed by atoms with Crippen LogP contribution in [0.5, 0.6) is 0 Å². The van der Waals surface area contributed by atoms with Gasteiger partial charge in [0.2, 0.25) is 0 Å². The van der Waals surface area contributed by atoms with E-state index in [2.05, 4.69) is 49.4 Å². The molecule has 0 spiro atoms. The van der Waals surface area contributed by atoms with Crippen LogP contribution in [0.4, 0.5) is 11.4 Å². The zero-order valence-corrected chi connectivity index (χ0v) is 11.2. The molecule has 0 radical (unpaired) electrons. The SMILES string of the molecule is COC1CC(Nc2ccc(N(C)C)cc2C)C1. The molecule has 0 aromatic heterocycles. The van der Waals surface area contributed by atoms with Gasteiger partial charge in [-0.25, -0.2) is 0 Å². The summed E-state index contributed by atoms with van der Waals surface area (Å²) in [6.07, 6.45) is 2.69. The monoisotopic (exact) mass is 234 g/mol. The standard InChI is InChI=1S/C14H22N2O/c1-10-7-12(16(2)3)5-6-14(10)15-11-8-13(9-11)17-4/h5-7,11,13,15H,8-9H2,1-4H3. The average molecular weight is 234 g/mol. The number of nitrogens with zero attached hydrogens (tertiary/aromatic N) is 1. The minimum atomic E-state index is 0.453. The summed E-state index contributed by atoms with van der Waals surface area (Å²) in [5.41, 5.74) is 3.80. The Labute approximate surface area is 104 Å². The molecule has 1 aromatic carbocycles. The number of hydrogen-bond donors (Lipinski definition) is 1. The number of aryl methyl sites for hydroxylation is 1. The minimum absolute atomic E-state index is 0.453. The maximum atomic E-state index is 5.29. The van der Waals surface area contributed by atoms with Gasteiger partial charge in [0.05, 0.1) is 6.10 Å². The van der Waals surface area contributed by atoms with Gasteiger partial charge >= 0.3 is 0 Å². The van der Waals surface area contributed by atoms with Gasteiger partial charge in [-0.15, -0.1) is 0 Å². The number of benzene rings is 1. The molecule has 1 aromatic rings. The molecule has 3 heteroatoms. The molecule has 0 atom stereocenters. The fourth-order valence-electron chi connectivity index (χ4n) is 2.18. The van der Waals surface area contributed by atoms with Crippen molar-refractivity contribution < 1.29 is 4.74 Å². The molecule has 0 amide bonds. The molecule has 2 rings (SSSR count). The van der Waals surface area contributed by atoms with Gasteiger partial charge in [-0.1, -0.05) is 0 Å². The third-order valence-corrected chi connectivity index (χ3v) is 3.51. The van der Waals surface area contributed by atoms with Crippen LogP contribution >= 0.6 is 0 Å². The maximum absolute atomic E-state index is 5.29. The van der Waals surface area contributed by atoms with Crippen molar-refractivity contribution in [3.63, 3.8) is 0 Å². The summed E-state index contributed by atoms with van der Waals surface area (Å²) >= 11 is 0. The largest absolute Gasteiger partial charge is 0.382 e. The Morgan fingerprint density at radius 3 is 2.53 bits per heavy atom. The molecule has 94 valence electrons. The molecule has 0 saturated heterocycles. The first-order valence-electron chi connectivity index (χ1n) is 6.17. The van der Waals surface area contributed by atoms with Crippen LogP contribution in [0.2, 0.25) is 0 Å². The van der Waals surface area contributed by atoms with Crippen molar-refractivity contribution in [1.29, 1.82) is 0 Å². The molecular weight excluding hydrogens is 212 g/mol. The second kappa shape index (κ2) is 4.96. The van der Waals surface area contributed by atoms with Crippen LogP contribution < -0.4 is 10.2 Å². The lowest BCUT2D eigenvalue weighted by atomic mass is 9.89. The Bertz CT molecular complexity index is 384. The van der Waals surface area contributed by atoms with E-state index < -0.39 is 0 Å². The summed E-state index contributed by atoms with van der Waals surface area (Å²) < 4.78 is 5.29. The smallest absolute Gasteiger partial charge is 0.0610 e. The molecule has 0 bridgehead atoms. The zero-order valence-electron chi connectivity index (χ0n) is 11.2. The normalized spacial score (nSPS) is 23.1. The van der Waals surface area contributed by atoms with Crippen LogP contribution in [0, 0.1) is 6.92 Å². The third-order valence-electron chi connectivity index (χ3n) is 3.51. The molecule has 1 aliphatic carbocycles. The predicted molar refractivity (Wildman–Crippen MR) is 72.9 cm³/mol. The maximum Gasteiger partial charge on any atom is 0.0610 e. The van der Waals surface area contributed by atoms with Crippen molar-refractivity contribution in [3.8, 4) is 0 Å². The van der Waals surface area contributed by atoms with Gasteiger partial charge in [-0.2, -0.15) is 0 Å². The highest BCUT2D eigenvalue weighted by Gasteiger charge is 2.28. The first kappa shape index (κ1) is 12.2. The van der Waals surface area contributed by atoms with Crippen molar-refractivity contribution in [2.75, 3.05) is 31.4 Å². The van der Waals surface area contributed by atoms with E-state index in [9.17, 15) is 0 Å². The zero-order chi connectivity index (χ0) is 12.4. The summed E-state index contributed by atoms with van der Waals surface area (Å²) in [5, 5.41) is 3.58. The van der Waals surface area contributed by atoms with Gasteiger partial charge in [0.1, 0.15) is 0 Å². The number of ether oxygens (including phenoxy) is 1. The van der Waals surface area contributed by atoms with Gasteiger partial charge in [0.15, 0.2) is 0 Å². The summed E-state index contributed by atoms with van der Waals surface area (Å²) in [6, 6.07) is 7.12. The number of anilines is 2. The van der Waals surface area contributed by atoms with Crippen molar-refractivity contribution >= 4 is 11.4 Å². The van der Waals surface area contributed by atoms with Gasteiger partial charge in [0, 0.05) is 38.6 Å². The van der Waals surface area contributed by atoms with Gasteiger partial charge in [-0.3, -0.25) is 0 Å². The summed E-state index contributed by atoms with van der Waals surface area (Å²) in [5.74, 6) is 0. The lowest BCUT2D eigenvalue weighted by molar-refractivity contribution is 0.0328. The number of rotatable bonds is 4. The van der Waals surface area contributed by atoms with Crippen molar-refractivity contribution in [2.24, 2.45) is 0 Å². The quantitative estimate of drug-likeness (QED) is 0.866. The third kappa shape index (κ3) is 2.72. The molecule has 1 fully saturated rings. The highest BCUT2D eigenvalue weighted by Crippen LogP contribution is 2.29. The van der Waals surface area contributed by atoms with E-state index in [-0.39, 0.29) is 0 Å². The second-order valence-electron chi connectivity index (χ2n) is 5.06. The predicted octanol–water partition coefficient (Wildman–Crippen LogP) is 2.65.